The molecule has 0 fully saturated rings. The van der Waals surface area contributed by atoms with Crippen LogP contribution in [0.3, 0.4) is 0 Å². The molecule has 0 amide bonds. The zero-order valence-electron chi connectivity index (χ0n) is 12.8. The average Bonchev–Trinajstić information content (AvgIpc) is 2.97. The summed E-state index contributed by atoms with van der Waals surface area (Å²) in [6.45, 7) is 0. The van der Waals surface area contributed by atoms with Crippen LogP contribution in [0.1, 0.15) is 10.4 Å². The zero-order valence-corrected chi connectivity index (χ0v) is 12.8. The molecule has 112 valence electrons. The Bertz CT molecular complexity index is 820. The van der Waals surface area contributed by atoms with Crippen LogP contribution in [0.2, 0.25) is 0 Å². The summed E-state index contributed by atoms with van der Waals surface area (Å²) in [4.78, 5) is 21.4. The number of methoxy groups -OCH3 is 1. The normalized spacial score (nSPS) is 10.7. The van der Waals surface area contributed by atoms with E-state index in [9.17, 15) is 4.79 Å². The molecular formula is C17H17N3O2. The van der Waals surface area contributed by atoms with Crippen molar-refractivity contribution < 1.29 is 9.53 Å². The average molecular weight is 295 g/mol. The van der Waals surface area contributed by atoms with Gasteiger partial charge in [0.25, 0.3) is 0 Å². The molecule has 1 N–H and O–H groups in total. The summed E-state index contributed by atoms with van der Waals surface area (Å²) in [5.74, 6) is 0.427. The van der Waals surface area contributed by atoms with E-state index in [2.05, 4.69) is 9.97 Å². The van der Waals surface area contributed by atoms with Crippen molar-refractivity contribution in [2.75, 3.05) is 26.1 Å². The van der Waals surface area contributed by atoms with Crippen LogP contribution in [0.4, 0.5) is 5.69 Å². The Labute approximate surface area is 128 Å². The summed E-state index contributed by atoms with van der Waals surface area (Å²) < 4.78 is 4.73. The van der Waals surface area contributed by atoms with Gasteiger partial charge >= 0.3 is 5.97 Å². The van der Waals surface area contributed by atoms with E-state index in [4.69, 9.17) is 4.74 Å². The van der Waals surface area contributed by atoms with E-state index in [1.165, 1.54) is 7.11 Å². The number of hydrogen-bond donors (Lipinski definition) is 1. The Kier molecular flexibility index (Phi) is 3.55. The molecule has 22 heavy (non-hydrogen) atoms. The maximum absolute atomic E-state index is 11.6. The quantitative estimate of drug-likeness (QED) is 0.754. The number of carbonyl (C=O) groups is 1. The van der Waals surface area contributed by atoms with Crippen LogP contribution < -0.4 is 4.90 Å². The van der Waals surface area contributed by atoms with Gasteiger partial charge in [0.15, 0.2) is 0 Å². The highest BCUT2D eigenvalue weighted by molar-refractivity contribution is 5.94. The van der Waals surface area contributed by atoms with E-state index in [1.54, 1.807) is 12.1 Å². The number of aromatic nitrogens is 2. The lowest BCUT2D eigenvalue weighted by Crippen LogP contribution is -2.07. The van der Waals surface area contributed by atoms with Gasteiger partial charge in [-0.1, -0.05) is 0 Å². The minimum atomic E-state index is -0.353. The molecule has 0 saturated heterocycles. The van der Waals surface area contributed by atoms with Gasteiger partial charge in [-0.2, -0.15) is 0 Å². The van der Waals surface area contributed by atoms with Crippen LogP contribution in [0, 0.1) is 0 Å². The summed E-state index contributed by atoms with van der Waals surface area (Å²) in [6.07, 6.45) is 0. The molecule has 3 aromatic rings. The molecule has 1 aromatic heterocycles. The number of esters is 1. The largest absolute Gasteiger partial charge is 0.465 e. The van der Waals surface area contributed by atoms with E-state index in [0.29, 0.717) is 5.56 Å². The fourth-order valence-corrected chi connectivity index (χ4v) is 2.31. The molecule has 0 spiro atoms. The predicted octanol–water partition coefficient (Wildman–Crippen LogP) is 3.08. The standard InChI is InChI=1S/C17H17N3O2/c1-20(2)13-7-4-11(5-8-13)16-18-14-9-6-12(17(21)22-3)10-15(14)19-16/h4-10H,1-3H3,(H,18,19). The SMILES string of the molecule is COC(=O)c1ccc2nc(-c3ccc(N(C)C)cc3)[nH]c2c1. The van der Waals surface area contributed by atoms with Crippen molar-refractivity contribution in [2.45, 2.75) is 0 Å². The highest BCUT2D eigenvalue weighted by atomic mass is 16.5. The Hall–Kier alpha value is -2.82. The third-order valence-electron chi connectivity index (χ3n) is 3.56. The highest BCUT2D eigenvalue weighted by Crippen LogP contribution is 2.23. The van der Waals surface area contributed by atoms with Gasteiger partial charge in [0.05, 0.1) is 23.7 Å². The summed E-state index contributed by atoms with van der Waals surface area (Å²) in [7, 11) is 5.38. The second kappa shape index (κ2) is 5.52. The topological polar surface area (TPSA) is 58.2 Å². The fourth-order valence-electron chi connectivity index (χ4n) is 2.31. The number of ether oxygens (including phenoxy) is 1. The monoisotopic (exact) mass is 295 g/mol. The summed E-state index contributed by atoms with van der Waals surface area (Å²) in [6, 6.07) is 13.4. The minimum absolute atomic E-state index is 0.353. The summed E-state index contributed by atoms with van der Waals surface area (Å²) in [5.41, 5.74) is 4.27. The minimum Gasteiger partial charge on any atom is -0.465 e. The van der Waals surface area contributed by atoms with E-state index < -0.39 is 0 Å². The van der Waals surface area contributed by atoms with Crippen LogP contribution >= 0.6 is 0 Å². The van der Waals surface area contributed by atoms with Gasteiger partial charge in [-0.25, -0.2) is 9.78 Å². The fraction of sp³-hybridized carbons (Fsp3) is 0.176. The molecule has 2 aromatic carbocycles. The first-order valence-electron chi connectivity index (χ1n) is 6.94. The van der Waals surface area contributed by atoms with Gasteiger partial charge in [0.2, 0.25) is 0 Å². The van der Waals surface area contributed by atoms with E-state index in [-0.39, 0.29) is 5.97 Å². The maximum Gasteiger partial charge on any atom is 0.337 e. The number of benzene rings is 2. The van der Waals surface area contributed by atoms with Gasteiger partial charge < -0.3 is 14.6 Å². The molecule has 0 saturated carbocycles. The van der Waals surface area contributed by atoms with Crippen molar-refractivity contribution in [3.05, 3.63) is 48.0 Å². The van der Waals surface area contributed by atoms with Crippen molar-refractivity contribution in [1.29, 1.82) is 0 Å². The molecule has 0 atom stereocenters. The van der Waals surface area contributed by atoms with Gasteiger partial charge in [-0.15, -0.1) is 0 Å². The van der Waals surface area contributed by atoms with Gasteiger partial charge in [0, 0.05) is 25.3 Å². The Balaban J connectivity index is 1.99. The Morgan fingerprint density at radius 3 is 2.50 bits per heavy atom. The van der Waals surface area contributed by atoms with E-state index in [0.717, 1.165) is 28.1 Å². The van der Waals surface area contributed by atoms with Crippen LogP contribution in [0.5, 0.6) is 0 Å². The van der Waals surface area contributed by atoms with Crippen molar-refractivity contribution in [2.24, 2.45) is 0 Å². The molecule has 0 aliphatic rings. The second-order valence-corrected chi connectivity index (χ2v) is 5.25. The number of nitrogens with one attached hydrogen (secondary N) is 1. The number of nitrogens with zero attached hydrogens (tertiary/aromatic N) is 2. The summed E-state index contributed by atoms with van der Waals surface area (Å²) >= 11 is 0. The predicted molar refractivity (Wildman–Crippen MR) is 87.2 cm³/mol. The molecule has 0 aliphatic carbocycles. The van der Waals surface area contributed by atoms with Crippen molar-refractivity contribution >= 4 is 22.7 Å². The molecule has 5 nitrogen and oxygen atoms in total. The first-order valence-corrected chi connectivity index (χ1v) is 6.94. The maximum atomic E-state index is 11.6. The van der Waals surface area contributed by atoms with E-state index in [1.807, 2.05) is 49.3 Å². The molecule has 5 heteroatoms. The van der Waals surface area contributed by atoms with Gasteiger partial charge in [-0.3, -0.25) is 0 Å². The van der Waals surface area contributed by atoms with Crippen molar-refractivity contribution in [1.82, 2.24) is 9.97 Å². The zero-order chi connectivity index (χ0) is 15.7. The van der Waals surface area contributed by atoms with Gasteiger partial charge in [0.1, 0.15) is 5.82 Å². The molecule has 0 bridgehead atoms. The summed E-state index contributed by atoms with van der Waals surface area (Å²) in [5, 5.41) is 0. The molecule has 3 rings (SSSR count). The first kappa shape index (κ1) is 14.1. The molecule has 0 aliphatic heterocycles. The van der Waals surface area contributed by atoms with Crippen LogP contribution in [0.15, 0.2) is 42.5 Å². The number of fused-ring (bicyclic) bond motifs is 1. The number of anilines is 1. The van der Waals surface area contributed by atoms with Crippen molar-refractivity contribution in [3.8, 4) is 11.4 Å². The molecule has 0 radical (unpaired) electrons. The highest BCUT2D eigenvalue weighted by Gasteiger charge is 2.10. The lowest BCUT2D eigenvalue weighted by Gasteiger charge is -2.11. The van der Waals surface area contributed by atoms with Crippen LogP contribution in [-0.4, -0.2) is 37.1 Å². The molecule has 1 heterocycles. The van der Waals surface area contributed by atoms with Crippen LogP contribution in [-0.2, 0) is 4.74 Å². The number of imidazole rings is 1. The second-order valence-electron chi connectivity index (χ2n) is 5.25. The van der Waals surface area contributed by atoms with E-state index >= 15 is 0 Å². The lowest BCUT2D eigenvalue weighted by atomic mass is 10.2. The third kappa shape index (κ3) is 2.53. The number of H-pyrrole nitrogens is 1. The van der Waals surface area contributed by atoms with Crippen molar-refractivity contribution in [3.63, 3.8) is 0 Å². The third-order valence-corrected chi connectivity index (χ3v) is 3.56. The number of hydrogen-bond acceptors (Lipinski definition) is 4. The Morgan fingerprint density at radius 2 is 1.86 bits per heavy atom. The van der Waals surface area contributed by atoms with Gasteiger partial charge in [-0.05, 0) is 42.5 Å². The number of carbonyl (C=O) groups excluding carboxylic acids is 1. The molecule has 0 unspecified atom stereocenters. The Morgan fingerprint density at radius 1 is 1.14 bits per heavy atom. The number of rotatable bonds is 3. The molecular weight excluding hydrogens is 278 g/mol. The van der Waals surface area contributed by atoms with Crippen LogP contribution in [0.25, 0.3) is 22.4 Å². The smallest absolute Gasteiger partial charge is 0.337 e. The lowest BCUT2D eigenvalue weighted by molar-refractivity contribution is 0.0601. The first-order chi connectivity index (χ1) is 10.6. The number of aromatic amines is 1.